The number of nitrogen functional groups attached to an aromatic ring is 1. The van der Waals surface area contributed by atoms with E-state index in [0.717, 1.165) is 27.9 Å². The third-order valence-electron chi connectivity index (χ3n) is 3.21. The number of anilines is 1. The fourth-order valence-electron chi connectivity index (χ4n) is 2.29. The number of fused-ring (bicyclic) bond motifs is 1. The number of nitrogens with zero attached hydrogens (tertiary/aromatic N) is 2. The quantitative estimate of drug-likeness (QED) is 0.785. The Balaban J connectivity index is 2.15. The lowest BCUT2D eigenvalue weighted by atomic mass is 10.1. The lowest BCUT2D eigenvalue weighted by Gasteiger charge is -2.05. The Bertz CT molecular complexity index is 732. The number of pyridine rings is 1. The molecule has 0 bridgehead atoms. The van der Waals surface area contributed by atoms with Crippen molar-refractivity contribution in [2.75, 3.05) is 5.73 Å². The Hall–Kier alpha value is -1.81. The van der Waals surface area contributed by atoms with Crippen LogP contribution in [-0.4, -0.2) is 9.38 Å². The predicted molar refractivity (Wildman–Crippen MR) is 81.3 cm³/mol. The lowest BCUT2D eigenvalue weighted by Crippen LogP contribution is -1.98. The van der Waals surface area contributed by atoms with E-state index in [0.29, 0.717) is 0 Å². The Kier molecular flexibility index (Phi) is 3.03. The third kappa shape index (κ3) is 2.24. The molecule has 1 aromatic carbocycles. The van der Waals surface area contributed by atoms with Crippen LogP contribution in [0.4, 0.5) is 5.69 Å². The Morgan fingerprint density at radius 3 is 2.74 bits per heavy atom. The molecule has 0 amide bonds. The van der Waals surface area contributed by atoms with Crippen LogP contribution in [0, 0.1) is 6.92 Å². The molecule has 0 aliphatic rings. The molecule has 3 aromatic rings. The van der Waals surface area contributed by atoms with Crippen LogP contribution in [-0.2, 0) is 6.42 Å². The molecule has 4 heteroatoms. The molecule has 0 fully saturated rings. The largest absolute Gasteiger partial charge is 0.397 e. The van der Waals surface area contributed by atoms with Gasteiger partial charge in [0.15, 0.2) is 5.65 Å². The molecule has 0 radical (unpaired) electrons. The molecular weight excluding hydrogens is 302 g/mol. The van der Waals surface area contributed by atoms with E-state index in [1.165, 1.54) is 11.3 Å². The van der Waals surface area contributed by atoms with Gasteiger partial charge in [-0.3, -0.25) is 0 Å². The van der Waals surface area contributed by atoms with Crippen molar-refractivity contribution in [3.05, 3.63) is 64.0 Å². The number of hydrogen-bond acceptors (Lipinski definition) is 2. The highest BCUT2D eigenvalue weighted by atomic mass is 79.9. The molecule has 0 spiro atoms. The van der Waals surface area contributed by atoms with Gasteiger partial charge >= 0.3 is 0 Å². The normalized spacial score (nSPS) is 11.1. The average molecular weight is 316 g/mol. The summed E-state index contributed by atoms with van der Waals surface area (Å²) in [5.74, 6) is 0. The summed E-state index contributed by atoms with van der Waals surface area (Å²) in [6, 6.07) is 12.3. The number of imidazole rings is 1. The van der Waals surface area contributed by atoms with Gasteiger partial charge in [-0.2, -0.15) is 0 Å². The monoisotopic (exact) mass is 315 g/mol. The van der Waals surface area contributed by atoms with Crippen molar-refractivity contribution < 1.29 is 0 Å². The molecule has 2 heterocycles. The molecule has 2 N–H and O–H groups in total. The summed E-state index contributed by atoms with van der Waals surface area (Å²) in [6.07, 6.45) is 2.78. The molecule has 0 aliphatic carbocycles. The zero-order valence-corrected chi connectivity index (χ0v) is 12.2. The van der Waals surface area contributed by atoms with E-state index in [-0.39, 0.29) is 0 Å². The maximum Gasteiger partial charge on any atom is 0.151 e. The molecule has 0 saturated heterocycles. The van der Waals surface area contributed by atoms with Gasteiger partial charge in [0.05, 0.1) is 10.2 Å². The minimum atomic E-state index is 0.728. The fourth-order valence-corrected chi connectivity index (χ4v) is 2.83. The number of hydrogen-bond donors (Lipinski definition) is 1. The van der Waals surface area contributed by atoms with Crippen LogP contribution < -0.4 is 5.73 Å². The first-order valence-corrected chi connectivity index (χ1v) is 6.91. The van der Waals surface area contributed by atoms with Gasteiger partial charge in [0.2, 0.25) is 0 Å². The van der Waals surface area contributed by atoms with E-state index in [4.69, 9.17) is 5.73 Å². The first-order valence-electron chi connectivity index (χ1n) is 6.11. The topological polar surface area (TPSA) is 43.3 Å². The Morgan fingerprint density at radius 2 is 2.00 bits per heavy atom. The number of aromatic nitrogens is 2. The molecule has 0 unspecified atom stereocenters. The molecule has 0 aliphatic heterocycles. The second-order valence-electron chi connectivity index (χ2n) is 4.62. The number of nitrogens with two attached hydrogens (primary N) is 1. The van der Waals surface area contributed by atoms with E-state index in [1.807, 2.05) is 25.3 Å². The van der Waals surface area contributed by atoms with Gasteiger partial charge in [-0.15, -0.1) is 0 Å². The second-order valence-corrected chi connectivity index (χ2v) is 5.48. The van der Waals surface area contributed by atoms with Gasteiger partial charge in [0.25, 0.3) is 0 Å². The highest BCUT2D eigenvalue weighted by Crippen LogP contribution is 2.24. The molecule has 3 rings (SSSR count). The Morgan fingerprint density at radius 1 is 1.26 bits per heavy atom. The number of benzene rings is 1. The van der Waals surface area contributed by atoms with Crippen LogP contribution in [0.3, 0.4) is 0 Å². The van der Waals surface area contributed by atoms with Gasteiger partial charge in [-0.25, -0.2) is 4.98 Å². The van der Waals surface area contributed by atoms with Crippen LogP contribution in [0.15, 0.2) is 47.1 Å². The molecule has 0 atom stereocenters. The van der Waals surface area contributed by atoms with Crippen molar-refractivity contribution in [3.8, 4) is 0 Å². The average Bonchev–Trinajstić information content (AvgIpc) is 2.69. The van der Waals surface area contributed by atoms with Crippen molar-refractivity contribution in [3.63, 3.8) is 0 Å². The van der Waals surface area contributed by atoms with Crippen molar-refractivity contribution >= 4 is 27.3 Å². The molecule has 2 aromatic heterocycles. The third-order valence-corrected chi connectivity index (χ3v) is 3.79. The van der Waals surface area contributed by atoms with Crippen molar-refractivity contribution in [2.45, 2.75) is 13.3 Å². The van der Waals surface area contributed by atoms with E-state index in [2.05, 4.69) is 49.6 Å². The zero-order valence-electron chi connectivity index (χ0n) is 10.6. The SMILES string of the molecule is Cc1nc2c(Br)cc(N)cn2c1Cc1ccccc1. The summed E-state index contributed by atoms with van der Waals surface area (Å²) in [5.41, 5.74) is 11.0. The first-order chi connectivity index (χ1) is 9.15. The lowest BCUT2D eigenvalue weighted by molar-refractivity contribution is 1.01. The van der Waals surface area contributed by atoms with Crippen molar-refractivity contribution in [2.24, 2.45) is 0 Å². The van der Waals surface area contributed by atoms with Gasteiger partial charge < -0.3 is 10.1 Å². The molecule has 0 saturated carbocycles. The summed E-state index contributed by atoms with van der Waals surface area (Å²) in [5, 5.41) is 0. The molecule has 3 nitrogen and oxygen atoms in total. The summed E-state index contributed by atoms with van der Waals surface area (Å²) in [7, 11) is 0. The van der Waals surface area contributed by atoms with E-state index in [9.17, 15) is 0 Å². The minimum Gasteiger partial charge on any atom is -0.397 e. The number of halogens is 1. The predicted octanol–water partition coefficient (Wildman–Crippen LogP) is 3.58. The maximum atomic E-state index is 5.92. The number of rotatable bonds is 2. The van der Waals surface area contributed by atoms with Crippen LogP contribution in [0.2, 0.25) is 0 Å². The molecular formula is C15H14BrN3. The van der Waals surface area contributed by atoms with Crippen molar-refractivity contribution in [1.29, 1.82) is 0 Å². The second kappa shape index (κ2) is 4.70. The number of aryl methyl sites for hydroxylation is 1. The standard InChI is InChI=1S/C15H14BrN3/c1-10-14(7-11-5-3-2-4-6-11)19-9-12(17)8-13(16)15(19)18-10/h2-6,8-9H,7,17H2,1H3. The zero-order chi connectivity index (χ0) is 13.4. The highest BCUT2D eigenvalue weighted by molar-refractivity contribution is 9.10. The van der Waals surface area contributed by atoms with E-state index in [1.54, 1.807) is 0 Å². The van der Waals surface area contributed by atoms with Crippen LogP contribution in [0.5, 0.6) is 0 Å². The van der Waals surface area contributed by atoms with Gasteiger partial charge in [0.1, 0.15) is 0 Å². The highest BCUT2D eigenvalue weighted by Gasteiger charge is 2.12. The van der Waals surface area contributed by atoms with Crippen molar-refractivity contribution in [1.82, 2.24) is 9.38 Å². The van der Waals surface area contributed by atoms with Crippen LogP contribution in [0.1, 0.15) is 17.0 Å². The van der Waals surface area contributed by atoms with Gasteiger partial charge in [0, 0.05) is 24.0 Å². The minimum absolute atomic E-state index is 0.728. The Labute approximate surface area is 120 Å². The first kappa shape index (κ1) is 12.2. The molecule has 96 valence electrons. The van der Waals surface area contributed by atoms with E-state index < -0.39 is 0 Å². The maximum absolute atomic E-state index is 5.92. The molecule has 19 heavy (non-hydrogen) atoms. The fraction of sp³-hybridized carbons (Fsp3) is 0.133. The summed E-state index contributed by atoms with van der Waals surface area (Å²) in [4.78, 5) is 4.61. The van der Waals surface area contributed by atoms with Crippen LogP contribution in [0.25, 0.3) is 5.65 Å². The summed E-state index contributed by atoms with van der Waals surface area (Å²) in [6.45, 7) is 2.04. The van der Waals surface area contributed by atoms with Crippen LogP contribution >= 0.6 is 15.9 Å². The smallest absolute Gasteiger partial charge is 0.151 e. The van der Waals surface area contributed by atoms with Gasteiger partial charge in [-0.1, -0.05) is 30.3 Å². The summed E-state index contributed by atoms with van der Waals surface area (Å²) < 4.78 is 3.00. The van der Waals surface area contributed by atoms with Gasteiger partial charge in [-0.05, 0) is 34.5 Å². The summed E-state index contributed by atoms with van der Waals surface area (Å²) >= 11 is 3.52. The van der Waals surface area contributed by atoms with E-state index >= 15 is 0 Å².